The van der Waals surface area contributed by atoms with Crippen molar-refractivity contribution in [2.45, 2.75) is 6.61 Å². The zero-order valence-electron chi connectivity index (χ0n) is 12.7. The van der Waals surface area contributed by atoms with Crippen molar-refractivity contribution in [2.24, 2.45) is 0 Å². The maximum Gasteiger partial charge on any atom is 0.256 e. The number of benzene rings is 1. The van der Waals surface area contributed by atoms with Crippen LogP contribution in [0.5, 0.6) is 0 Å². The highest BCUT2D eigenvalue weighted by atomic mass is 16.5. The van der Waals surface area contributed by atoms with Gasteiger partial charge in [0.15, 0.2) is 0 Å². The smallest absolute Gasteiger partial charge is 0.256 e. The van der Waals surface area contributed by atoms with Crippen LogP contribution < -0.4 is 10.2 Å². The van der Waals surface area contributed by atoms with Gasteiger partial charge in [-0.25, -0.2) is 4.98 Å². The summed E-state index contributed by atoms with van der Waals surface area (Å²) in [5.41, 5.74) is 2.22. The summed E-state index contributed by atoms with van der Waals surface area (Å²) in [6.07, 6.45) is 1.58. The molecule has 1 aliphatic rings. The molecule has 6 nitrogen and oxygen atoms in total. The van der Waals surface area contributed by atoms with Crippen molar-refractivity contribution in [1.82, 2.24) is 4.98 Å². The van der Waals surface area contributed by atoms with E-state index in [1.807, 2.05) is 12.1 Å². The predicted molar refractivity (Wildman–Crippen MR) is 87.6 cm³/mol. The minimum Gasteiger partial charge on any atom is -0.392 e. The van der Waals surface area contributed by atoms with Crippen LogP contribution in [-0.4, -0.2) is 42.3 Å². The standard InChI is InChI=1S/C17H19N3O3/c21-12-14-2-1-7-18-16(14)19-17(22)13-3-5-15(6-4-13)20-8-10-23-11-9-20/h1-7,21H,8-12H2,(H,18,19,22). The molecule has 1 saturated heterocycles. The lowest BCUT2D eigenvalue weighted by Crippen LogP contribution is -2.36. The Kier molecular flexibility index (Phi) is 4.85. The third kappa shape index (κ3) is 3.67. The van der Waals surface area contributed by atoms with Gasteiger partial charge in [0, 0.05) is 36.1 Å². The molecule has 1 aliphatic heterocycles. The van der Waals surface area contributed by atoms with Gasteiger partial charge in [-0.2, -0.15) is 0 Å². The lowest BCUT2D eigenvalue weighted by molar-refractivity contribution is 0.102. The molecule has 2 heterocycles. The Balaban J connectivity index is 1.70. The van der Waals surface area contributed by atoms with Crippen LogP contribution in [0.25, 0.3) is 0 Å². The Bertz CT molecular complexity index is 667. The van der Waals surface area contributed by atoms with E-state index in [0.29, 0.717) is 16.9 Å². The number of aliphatic hydroxyl groups excluding tert-OH is 1. The first-order valence-electron chi connectivity index (χ1n) is 7.57. The van der Waals surface area contributed by atoms with Gasteiger partial charge in [-0.1, -0.05) is 6.07 Å². The number of aromatic nitrogens is 1. The number of aliphatic hydroxyl groups is 1. The highest BCUT2D eigenvalue weighted by Gasteiger charge is 2.13. The number of carbonyl (C=O) groups excluding carboxylic acids is 1. The largest absolute Gasteiger partial charge is 0.392 e. The lowest BCUT2D eigenvalue weighted by Gasteiger charge is -2.28. The van der Waals surface area contributed by atoms with Gasteiger partial charge in [0.25, 0.3) is 5.91 Å². The summed E-state index contributed by atoms with van der Waals surface area (Å²) in [4.78, 5) is 18.6. The van der Waals surface area contributed by atoms with Gasteiger partial charge < -0.3 is 20.1 Å². The van der Waals surface area contributed by atoms with Gasteiger partial charge in [-0.3, -0.25) is 4.79 Å². The minimum atomic E-state index is -0.244. The third-order valence-electron chi connectivity index (χ3n) is 3.80. The molecule has 0 unspecified atom stereocenters. The van der Waals surface area contributed by atoms with Crippen molar-refractivity contribution >= 4 is 17.4 Å². The van der Waals surface area contributed by atoms with Crippen molar-refractivity contribution in [3.05, 3.63) is 53.7 Å². The van der Waals surface area contributed by atoms with Gasteiger partial charge >= 0.3 is 0 Å². The van der Waals surface area contributed by atoms with Crippen LogP contribution in [0.3, 0.4) is 0 Å². The van der Waals surface area contributed by atoms with Crippen molar-refractivity contribution < 1.29 is 14.6 Å². The molecule has 3 rings (SSSR count). The maximum atomic E-state index is 12.3. The van der Waals surface area contributed by atoms with Crippen molar-refractivity contribution in [3.8, 4) is 0 Å². The average Bonchev–Trinajstić information content (AvgIpc) is 2.63. The number of carbonyl (C=O) groups is 1. The zero-order valence-corrected chi connectivity index (χ0v) is 12.7. The van der Waals surface area contributed by atoms with Crippen LogP contribution in [0.2, 0.25) is 0 Å². The number of anilines is 2. The molecule has 0 spiro atoms. The molecule has 23 heavy (non-hydrogen) atoms. The number of nitrogens with one attached hydrogen (secondary N) is 1. The van der Waals surface area contributed by atoms with Gasteiger partial charge in [-0.15, -0.1) is 0 Å². The molecule has 0 saturated carbocycles. The molecule has 0 radical (unpaired) electrons. The Morgan fingerprint density at radius 2 is 1.96 bits per heavy atom. The molecule has 6 heteroatoms. The predicted octanol–water partition coefficient (Wildman–Crippen LogP) is 1.66. The zero-order chi connectivity index (χ0) is 16.1. The van der Waals surface area contributed by atoms with Crippen molar-refractivity contribution in [3.63, 3.8) is 0 Å². The molecule has 0 aliphatic carbocycles. The van der Waals surface area contributed by atoms with Crippen molar-refractivity contribution in [1.29, 1.82) is 0 Å². The van der Waals surface area contributed by atoms with E-state index in [4.69, 9.17) is 4.74 Å². The summed E-state index contributed by atoms with van der Waals surface area (Å²) in [5, 5.41) is 12.0. The number of morpholine rings is 1. The lowest BCUT2D eigenvalue weighted by atomic mass is 10.1. The first-order chi connectivity index (χ1) is 11.3. The molecule has 0 bridgehead atoms. The number of nitrogens with zero attached hydrogens (tertiary/aromatic N) is 2. The van der Waals surface area contributed by atoms with Gasteiger partial charge in [0.2, 0.25) is 0 Å². The molecule has 120 valence electrons. The quantitative estimate of drug-likeness (QED) is 0.898. The first-order valence-corrected chi connectivity index (χ1v) is 7.57. The molecule has 2 aromatic rings. The second kappa shape index (κ2) is 7.21. The van der Waals surface area contributed by atoms with E-state index in [9.17, 15) is 9.90 Å². The molecule has 0 atom stereocenters. The van der Waals surface area contributed by atoms with E-state index in [1.165, 1.54) is 0 Å². The summed E-state index contributed by atoms with van der Waals surface area (Å²) < 4.78 is 5.34. The molecule has 1 fully saturated rings. The summed E-state index contributed by atoms with van der Waals surface area (Å²) >= 11 is 0. The first kappa shape index (κ1) is 15.5. The van der Waals surface area contributed by atoms with E-state index in [1.54, 1.807) is 30.5 Å². The fourth-order valence-electron chi connectivity index (χ4n) is 2.50. The Morgan fingerprint density at radius 3 is 2.65 bits per heavy atom. The summed E-state index contributed by atoms with van der Waals surface area (Å²) in [6.45, 7) is 3.01. The van der Waals surface area contributed by atoms with Crippen LogP contribution in [0.15, 0.2) is 42.6 Å². The van der Waals surface area contributed by atoms with E-state index in [-0.39, 0.29) is 12.5 Å². The van der Waals surface area contributed by atoms with Crippen LogP contribution in [0.1, 0.15) is 15.9 Å². The van der Waals surface area contributed by atoms with Crippen LogP contribution >= 0.6 is 0 Å². The minimum absolute atomic E-state index is 0.167. The summed E-state index contributed by atoms with van der Waals surface area (Å²) in [5.74, 6) is 0.143. The molecular formula is C17H19N3O3. The second-order valence-corrected chi connectivity index (χ2v) is 5.27. The number of rotatable bonds is 4. The van der Waals surface area contributed by atoms with Crippen molar-refractivity contribution in [2.75, 3.05) is 36.5 Å². The van der Waals surface area contributed by atoms with E-state index in [0.717, 1.165) is 32.0 Å². The fraction of sp³-hybridized carbons (Fsp3) is 0.294. The van der Waals surface area contributed by atoms with Gasteiger partial charge in [0.05, 0.1) is 19.8 Å². The Morgan fingerprint density at radius 1 is 1.22 bits per heavy atom. The Hall–Kier alpha value is -2.44. The highest BCUT2D eigenvalue weighted by molar-refractivity contribution is 6.04. The number of ether oxygens (including phenoxy) is 1. The monoisotopic (exact) mass is 313 g/mol. The maximum absolute atomic E-state index is 12.3. The normalized spacial score (nSPS) is 14.6. The molecule has 1 amide bonds. The molecule has 1 aromatic heterocycles. The van der Waals surface area contributed by atoms with Crippen LogP contribution in [-0.2, 0) is 11.3 Å². The van der Waals surface area contributed by atoms with Crippen LogP contribution in [0.4, 0.5) is 11.5 Å². The van der Waals surface area contributed by atoms with Gasteiger partial charge in [-0.05, 0) is 30.3 Å². The second-order valence-electron chi connectivity index (χ2n) is 5.27. The number of hydrogen-bond donors (Lipinski definition) is 2. The SMILES string of the molecule is O=C(Nc1ncccc1CO)c1ccc(N2CCOCC2)cc1. The fourth-order valence-corrected chi connectivity index (χ4v) is 2.50. The average molecular weight is 313 g/mol. The molecule has 2 N–H and O–H groups in total. The van der Waals surface area contributed by atoms with Gasteiger partial charge in [0.1, 0.15) is 5.82 Å². The number of pyridine rings is 1. The summed E-state index contributed by atoms with van der Waals surface area (Å²) in [6, 6.07) is 10.9. The number of hydrogen-bond acceptors (Lipinski definition) is 5. The van der Waals surface area contributed by atoms with E-state index >= 15 is 0 Å². The highest BCUT2D eigenvalue weighted by Crippen LogP contribution is 2.18. The van der Waals surface area contributed by atoms with E-state index < -0.39 is 0 Å². The number of amides is 1. The van der Waals surface area contributed by atoms with E-state index in [2.05, 4.69) is 15.2 Å². The Labute approximate surface area is 134 Å². The van der Waals surface area contributed by atoms with Crippen LogP contribution in [0, 0.1) is 0 Å². The molecule has 1 aromatic carbocycles. The summed E-state index contributed by atoms with van der Waals surface area (Å²) in [7, 11) is 0. The third-order valence-corrected chi connectivity index (χ3v) is 3.80. The molecular weight excluding hydrogens is 294 g/mol. The topological polar surface area (TPSA) is 74.7 Å².